The molecule has 0 spiro atoms. The topological polar surface area (TPSA) is 76.1 Å². The standard InChI is InChI=1S/C31H33NO5/c1-19(2)18-36-25-14-12-22(13-15-25)28-27(29(33)23-9-7-11-26(17-23)37-20(3)4)30(34)31(35)32(28)24-10-6-8-21(5)16-24/h6-17,19-20,28,33H,18H2,1-5H3/b29-27+. The summed E-state index contributed by atoms with van der Waals surface area (Å²) in [5.41, 5.74) is 2.66. The Hall–Kier alpha value is -4.06. The van der Waals surface area contributed by atoms with Gasteiger partial charge in [-0.2, -0.15) is 0 Å². The van der Waals surface area contributed by atoms with Crippen LogP contribution in [0, 0.1) is 12.8 Å². The molecule has 0 aromatic heterocycles. The van der Waals surface area contributed by atoms with Crippen LogP contribution < -0.4 is 14.4 Å². The first-order valence-corrected chi connectivity index (χ1v) is 12.5. The molecule has 1 aliphatic rings. The molecule has 1 fully saturated rings. The van der Waals surface area contributed by atoms with Gasteiger partial charge in [-0.1, -0.05) is 50.2 Å². The van der Waals surface area contributed by atoms with Gasteiger partial charge in [-0.15, -0.1) is 0 Å². The number of benzene rings is 3. The second-order valence-corrected chi connectivity index (χ2v) is 9.98. The summed E-state index contributed by atoms with van der Waals surface area (Å²) < 4.78 is 11.6. The highest BCUT2D eigenvalue weighted by Gasteiger charge is 2.47. The van der Waals surface area contributed by atoms with Gasteiger partial charge in [-0.3, -0.25) is 14.5 Å². The van der Waals surface area contributed by atoms with E-state index in [1.165, 1.54) is 4.90 Å². The molecule has 1 amide bonds. The van der Waals surface area contributed by atoms with E-state index < -0.39 is 17.7 Å². The van der Waals surface area contributed by atoms with E-state index in [4.69, 9.17) is 9.47 Å². The summed E-state index contributed by atoms with van der Waals surface area (Å²) in [6, 6.07) is 20.8. The smallest absolute Gasteiger partial charge is 0.300 e. The Bertz CT molecular complexity index is 1320. The largest absolute Gasteiger partial charge is 0.507 e. The van der Waals surface area contributed by atoms with Crippen molar-refractivity contribution in [2.24, 2.45) is 5.92 Å². The Balaban J connectivity index is 1.84. The fourth-order valence-corrected chi connectivity index (χ4v) is 4.35. The fraction of sp³-hybridized carbons (Fsp3) is 0.290. The van der Waals surface area contributed by atoms with Crippen molar-refractivity contribution in [3.63, 3.8) is 0 Å². The van der Waals surface area contributed by atoms with Gasteiger partial charge in [0.05, 0.1) is 24.3 Å². The van der Waals surface area contributed by atoms with Crippen LogP contribution in [0.2, 0.25) is 0 Å². The maximum absolute atomic E-state index is 13.4. The van der Waals surface area contributed by atoms with E-state index in [-0.39, 0.29) is 17.4 Å². The van der Waals surface area contributed by atoms with E-state index in [1.54, 1.807) is 30.3 Å². The zero-order valence-electron chi connectivity index (χ0n) is 21.9. The highest BCUT2D eigenvalue weighted by atomic mass is 16.5. The van der Waals surface area contributed by atoms with Gasteiger partial charge in [-0.25, -0.2) is 0 Å². The number of hydrogen-bond acceptors (Lipinski definition) is 5. The molecule has 1 heterocycles. The summed E-state index contributed by atoms with van der Waals surface area (Å²) in [6.07, 6.45) is -0.0549. The maximum atomic E-state index is 13.4. The van der Waals surface area contributed by atoms with E-state index in [9.17, 15) is 14.7 Å². The molecule has 6 nitrogen and oxygen atoms in total. The van der Waals surface area contributed by atoms with Gasteiger partial charge in [-0.05, 0) is 74.2 Å². The molecule has 6 heteroatoms. The lowest BCUT2D eigenvalue weighted by Crippen LogP contribution is -2.29. The SMILES string of the molecule is Cc1cccc(N2C(=O)C(=O)/C(=C(/O)c3cccc(OC(C)C)c3)C2c2ccc(OCC(C)C)cc2)c1. The van der Waals surface area contributed by atoms with Crippen molar-refractivity contribution in [1.29, 1.82) is 0 Å². The molecule has 0 aliphatic carbocycles. The predicted molar refractivity (Wildman–Crippen MR) is 145 cm³/mol. The van der Waals surface area contributed by atoms with Crippen LogP contribution in [0.15, 0.2) is 78.4 Å². The van der Waals surface area contributed by atoms with Gasteiger partial charge < -0.3 is 14.6 Å². The molecule has 0 bridgehead atoms. The van der Waals surface area contributed by atoms with Crippen LogP contribution >= 0.6 is 0 Å². The molecule has 1 N–H and O–H groups in total. The quantitative estimate of drug-likeness (QED) is 0.219. The van der Waals surface area contributed by atoms with Gasteiger partial charge in [0.1, 0.15) is 17.3 Å². The minimum absolute atomic E-state index is 0.0315. The van der Waals surface area contributed by atoms with Crippen molar-refractivity contribution >= 4 is 23.1 Å². The van der Waals surface area contributed by atoms with Crippen molar-refractivity contribution in [1.82, 2.24) is 0 Å². The maximum Gasteiger partial charge on any atom is 0.300 e. The molecule has 1 saturated heterocycles. The molecular formula is C31H33NO5. The number of ether oxygens (including phenoxy) is 2. The molecular weight excluding hydrogens is 466 g/mol. The zero-order valence-corrected chi connectivity index (χ0v) is 21.9. The second kappa shape index (κ2) is 10.9. The molecule has 37 heavy (non-hydrogen) atoms. The number of Topliss-reactive ketones (excluding diaryl/α,β-unsaturated/α-hetero) is 1. The molecule has 1 atom stereocenters. The summed E-state index contributed by atoms with van der Waals surface area (Å²) >= 11 is 0. The number of ketones is 1. The number of aliphatic hydroxyl groups excluding tert-OH is 1. The number of nitrogens with zero attached hydrogens (tertiary/aromatic N) is 1. The molecule has 1 unspecified atom stereocenters. The number of carbonyl (C=O) groups is 2. The van der Waals surface area contributed by atoms with Gasteiger partial charge in [0.2, 0.25) is 0 Å². The number of rotatable bonds is 8. The molecule has 0 saturated carbocycles. The first-order valence-electron chi connectivity index (χ1n) is 12.5. The third-order valence-corrected chi connectivity index (χ3v) is 5.98. The zero-order chi connectivity index (χ0) is 26.7. The van der Waals surface area contributed by atoms with E-state index in [0.717, 1.165) is 5.56 Å². The molecule has 0 radical (unpaired) electrons. The Morgan fingerprint density at radius 2 is 1.62 bits per heavy atom. The lowest BCUT2D eigenvalue weighted by atomic mass is 9.95. The molecule has 1 aliphatic heterocycles. The number of hydrogen-bond donors (Lipinski definition) is 1. The predicted octanol–water partition coefficient (Wildman–Crippen LogP) is 6.44. The Morgan fingerprint density at radius 3 is 2.27 bits per heavy atom. The summed E-state index contributed by atoms with van der Waals surface area (Å²) in [5.74, 6) is -0.0267. The number of aryl methyl sites for hydroxylation is 1. The van der Waals surface area contributed by atoms with E-state index in [1.807, 2.05) is 63.2 Å². The van der Waals surface area contributed by atoms with E-state index >= 15 is 0 Å². The Kier molecular flexibility index (Phi) is 7.67. The van der Waals surface area contributed by atoms with Crippen LogP contribution in [0.25, 0.3) is 5.76 Å². The molecule has 4 rings (SSSR count). The minimum Gasteiger partial charge on any atom is -0.507 e. The van der Waals surface area contributed by atoms with Crippen molar-refractivity contribution in [2.75, 3.05) is 11.5 Å². The summed E-state index contributed by atoms with van der Waals surface area (Å²) in [4.78, 5) is 28.3. The first-order chi connectivity index (χ1) is 17.7. The van der Waals surface area contributed by atoms with Crippen LogP contribution in [-0.4, -0.2) is 29.5 Å². The van der Waals surface area contributed by atoms with Crippen molar-refractivity contribution in [3.8, 4) is 11.5 Å². The van der Waals surface area contributed by atoms with Crippen LogP contribution in [0.3, 0.4) is 0 Å². The van der Waals surface area contributed by atoms with Crippen LogP contribution in [0.5, 0.6) is 11.5 Å². The first kappa shape index (κ1) is 26.0. The second-order valence-electron chi connectivity index (χ2n) is 9.98. The summed E-state index contributed by atoms with van der Waals surface area (Å²) in [6.45, 7) is 10.5. The lowest BCUT2D eigenvalue weighted by molar-refractivity contribution is -0.132. The number of aliphatic hydroxyl groups is 1. The van der Waals surface area contributed by atoms with E-state index in [2.05, 4.69) is 13.8 Å². The fourth-order valence-electron chi connectivity index (χ4n) is 4.35. The van der Waals surface area contributed by atoms with Gasteiger partial charge in [0.15, 0.2) is 0 Å². The summed E-state index contributed by atoms with van der Waals surface area (Å²) in [5, 5.41) is 11.4. The molecule has 3 aromatic rings. The number of anilines is 1. The molecule has 192 valence electrons. The van der Waals surface area contributed by atoms with Crippen LogP contribution in [0.4, 0.5) is 5.69 Å². The molecule has 3 aromatic carbocycles. The van der Waals surface area contributed by atoms with Crippen molar-refractivity contribution in [2.45, 2.75) is 46.8 Å². The van der Waals surface area contributed by atoms with Crippen molar-refractivity contribution in [3.05, 3.63) is 95.1 Å². The van der Waals surface area contributed by atoms with Crippen LogP contribution in [0.1, 0.15) is 50.4 Å². The summed E-state index contributed by atoms with van der Waals surface area (Å²) in [7, 11) is 0. The van der Waals surface area contributed by atoms with E-state index in [0.29, 0.717) is 40.8 Å². The van der Waals surface area contributed by atoms with Crippen molar-refractivity contribution < 1.29 is 24.2 Å². The number of amides is 1. The highest BCUT2D eigenvalue weighted by molar-refractivity contribution is 6.51. The third kappa shape index (κ3) is 5.69. The lowest BCUT2D eigenvalue weighted by Gasteiger charge is -2.26. The monoisotopic (exact) mass is 499 g/mol. The van der Waals surface area contributed by atoms with Gasteiger partial charge >= 0.3 is 0 Å². The highest BCUT2D eigenvalue weighted by Crippen LogP contribution is 2.43. The number of carbonyl (C=O) groups excluding carboxylic acids is 2. The Morgan fingerprint density at radius 1 is 0.919 bits per heavy atom. The average Bonchev–Trinajstić information content (AvgIpc) is 3.12. The average molecular weight is 500 g/mol. The van der Waals surface area contributed by atoms with Gasteiger partial charge in [0.25, 0.3) is 11.7 Å². The Labute approximate surface area is 218 Å². The van der Waals surface area contributed by atoms with Crippen LogP contribution in [-0.2, 0) is 9.59 Å². The minimum atomic E-state index is -0.810. The van der Waals surface area contributed by atoms with Gasteiger partial charge in [0, 0.05) is 11.3 Å². The normalized spacial score (nSPS) is 17.1. The third-order valence-electron chi connectivity index (χ3n) is 5.98.